The van der Waals surface area contributed by atoms with Gasteiger partial charge in [0, 0.05) is 68.8 Å². The number of halogens is 2. The third kappa shape index (κ3) is 6.92. The molecule has 2 aromatic heterocycles. The largest absolute Gasteiger partial charge is 0.432 e. The number of aromatic nitrogens is 4. The SMILES string of the molecule is Cc1cc2c(C3CCC(=O)NC3=O)nn(C)c2cc1N1CC2CC1CN2CCCS(=O)(=O)N1CCC(Nc2ncc(OC(F)F)cn2)CC1. The molecule has 6 heterocycles. The zero-order chi connectivity index (χ0) is 34.4. The van der Waals surface area contributed by atoms with Crippen LogP contribution in [0.1, 0.15) is 55.7 Å². The molecule has 14 nitrogen and oxygen atoms in total. The van der Waals surface area contributed by atoms with E-state index in [4.69, 9.17) is 5.10 Å². The molecule has 17 heteroatoms. The van der Waals surface area contributed by atoms with Crippen LogP contribution in [-0.2, 0) is 26.7 Å². The second-order valence-corrected chi connectivity index (χ2v) is 15.6. The summed E-state index contributed by atoms with van der Waals surface area (Å²) in [7, 11) is -1.51. The second kappa shape index (κ2) is 13.4. The summed E-state index contributed by atoms with van der Waals surface area (Å²) in [6, 6.07) is 4.95. The number of aryl methyl sites for hydroxylation is 2. The number of piperidine rings is 2. The minimum atomic E-state index is -3.40. The number of carbonyl (C=O) groups is 2. The van der Waals surface area contributed by atoms with Crippen molar-refractivity contribution in [3.63, 3.8) is 0 Å². The Hall–Kier alpha value is -3.96. The van der Waals surface area contributed by atoms with E-state index in [0.29, 0.717) is 63.0 Å². The topological polar surface area (TPSA) is 155 Å². The first-order valence-electron chi connectivity index (χ1n) is 16.8. The Kier molecular flexibility index (Phi) is 9.17. The number of imide groups is 1. The van der Waals surface area contributed by atoms with Crippen molar-refractivity contribution in [2.45, 2.75) is 76.1 Å². The van der Waals surface area contributed by atoms with E-state index < -0.39 is 22.6 Å². The molecule has 264 valence electrons. The molecule has 0 radical (unpaired) electrons. The number of amides is 2. The number of likely N-dealkylation sites (tertiary alicyclic amines) is 1. The first kappa shape index (κ1) is 33.5. The van der Waals surface area contributed by atoms with Crippen LogP contribution in [0.2, 0.25) is 0 Å². The van der Waals surface area contributed by atoms with Crippen LogP contribution in [-0.4, -0.2) is 112 Å². The highest BCUT2D eigenvalue weighted by Crippen LogP contribution is 2.39. The standard InChI is InChI=1S/C32H41F2N9O5S/c1-19-12-25-27(40(2)39-29(25)24-4-5-28(44)38-30(24)45)14-26(19)43-18-21-13-22(43)17-41(21)8-3-11-49(46,47)42-9-6-20(7-10-42)37-32-35-15-23(16-36-32)48-31(33)34/h12,14-16,20-22,24,31H,3-11,13,17-18H2,1-2H3,(H,35,36,37)(H,38,44,45). The van der Waals surface area contributed by atoms with Gasteiger partial charge in [-0.05, 0) is 63.3 Å². The van der Waals surface area contributed by atoms with Crippen molar-refractivity contribution >= 4 is 44.4 Å². The van der Waals surface area contributed by atoms with Gasteiger partial charge in [-0.3, -0.25) is 24.5 Å². The summed E-state index contributed by atoms with van der Waals surface area (Å²) in [4.78, 5) is 37.2. The number of fused-ring (bicyclic) bond motifs is 3. The Labute approximate surface area is 283 Å². The number of carbonyl (C=O) groups excluding carboxylic acids is 2. The van der Waals surface area contributed by atoms with E-state index in [1.165, 1.54) is 12.4 Å². The van der Waals surface area contributed by atoms with E-state index in [1.54, 1.807) is 4.31 Å². The van der Waals surface area contributed by atoms with Crippen LogP contribution in [0.5, 0.6) is 5.75 Å². The van der Waals surface area contributed by atoms with Crippen molar-refractivity contribution in [1.29, 1.82) is 0 Å². The molecule has 2 amide bonds. The van der Waals surface area contributed by atoms with Gasteiger partial charge in [0.2, 0.25) is 27.8 Å². The Morgan fingerprint density at radius 2 is 1.84 bits per heavy atom. The summed E-state index contributed by atoms with van der Waals surface area (Å²) in [5.74, 6) is -0.711. The molecule has 2 bridgehead atoms. The van der Waals surface area contributed by atoms with Crippen molar-refractivity contribution in [3.8, 4) is 5.75 Å². The minimum absolute atomic E-state index is 0.0222. The van der Waals surface area contributed by atoms with Crippen molar-refractivity contribution in [2.24, 2.45) is 7.05 Å². The number of piperazine rings is 1. The Bertz CT molecular complexity index is 1830. The fraction of sp³-hybridized carbons (Fsp3) is 0.594. The molecule has 0 saturated carbocycles. The summed E-state index contributed by atoms with van der Waals surface area (Å²) in [5, 5.41) is 11.2. The first-order chi connectivity index (χ1) is 23.4. The number of anilines is 2. The van der Waals surface area contributed by atoms with Gasteiger partial charge in [0.1, 0.15) is 0 Å². The van der Waals surface area contributed by atoms with Crippen LogP contribution in [0.25, 0.3) is 10.9 Å². The van der Waals surface area contributed by atoms with Gasteiger partial charge >= 0.3 is 6.61 Å². The molecule has 0 spiro atoms. The molecule has 4 saturated heterocycles. The molecule has 49 heavy (non-hydrogen) atoms. The average Bonchev–Trinajstić information content (AvgIpc) is 3.74. The number of hydrogen-bond acceptors (Lipinski definition) is 11. The van der Waals surface area contributed by atoms with Crippen molar-refractivity contribution in [1.82, 2.24) is 34.3 Å². The highest BCUT2D eigenvalue weighted by molar-refractivity contribution is 7.89. The van der Waals surface area contributed by atoms with Crippen LogP contribution in [0, 0.1) is 6.92 Å². The van der Waals surface area contributed by atoms with Crippen molar-refractivity contribution < 1.29 is 31.5 Å². The monoisotopic (exact) mass is 701 g/mol. The third-order valence-electron chi connectivity index (χ3n) is 10.3. The maximum absolute atomic E-state index is 13.2. The number of nitrogens with zero attached hydrogens (tertiary/aromatic N) is 7. The maximum atomic E-state index is 13.2. The van der Waals surface area contributed by atoms with Gasteiger partial charge in [-0.15, -0.1) is 0 Å². The zero-order valence-corrected chi connectivity index (χ0v) is 28.3. The molecule has 2 N–H and O–H groups in total. The van der Waals surface area contributed by atoms with E-state index >= 15 is 0 Å². The minimum Gasteiger partial charge on any atom is -0.432 e. The lowest BCUT2D eigenvalue weighted by molar-refractivity contribution is -0.134. The molecule has 3 unspecified atom stereocenters. The predicted molar refractivity (Wildman–Crippen MR) is 177 cm³/mol. The number of nitrogens with one attached hydrogen (secondary N) is 2. The molecule has 7 rings (SSSR count). The lowest BCUT2D eigenvalue weighted by Crippen LogP contribution is -2.47. The molecular weight excluding hydrogens is 660 g/mol. The van der Waals surface area contributed by atoms with E-state index in [1.807, 2.05) is 11.7 Å². The van der Waals surface area contributed by atoms with Gasteiger partial charge in [0.05, 0.1) is 35.3 Å². The fourth-order valence-corrected chi connectivity index (χ4v) is 9.38. The van der Waals surface area contributed by atoms with Gasteiger partial charge < -0.3 is 15.0 Å². The lowest BCUT2D eigenvalue weighted by Gasteiger charge is -2.36. The van der Waals surface area contributed by atoms with Crippen LogP contribution >= 0.6 is 0 Å². The maximum Gasteiger partial charge on any atom is 0.387 e. The summed E-state index contributed by atoms with van der Waals surface area (Å²) >= 11 is 0. The van der Waals surface area contributed by atoms with Gasteiger partial charge in [-0.2, -0.15) is 13.9 Å². The molecule has 4 aliphatic rings. The van der Waals surface area contributed by atoms with Gasteiger partial charge in [0.15, 0.2) is 5.75 Å². The zero-order valence-electron chi connectivity index (χ0n) is 27.5. The molecule has 1 aromatic carbocycles. The second-order valence-electron chi connectivity index (χ2n) is 13.5. The molecule has 3 atom stereocenters. The summed E-state index contributed by atoms with van der Waals surface area (Å²) in [6.07, 6.45) is 5.89. The third-order valence-corrected chi connectivity index (χ3v) is 12.3. The number of ether oxygens (including phenoxy) is 1. The highest BCUT2D eigenvalue weighted by atomic mass is 32.2. The van der Waals surface area contributed by atoms with E-state index in [0.717, 1.165) is 48.2 Å². The number of benzene rings is 1. The predicted octanol–water partition coefficient (Wildman–Crippen LogP) is 2.35. The normalized spacial score (nSPS) is 23.9. The molecule has 3 aromatic rings. The summed E-state index contributed by atoms with van der Waals surface area (Å²) in [6.45, 7) is 2.40. The van der Waals surface area contributed by atoms with Crippen LogP contribution < -0.4 is 20.3 Å². The molecule has 4 aliphatic heterocycles. The van der Waals surface area contributed by atoms with Gasteiger partial charge in [-0.1, -0.05) is 0 Å². The van der Waals surface area contributed by atoms with Gasteiger partial charge in [-0.25, -0.2) is 22.7 Å². The van der Waals surface area contributed by atoms with Crippen LogP contribution in [0.4, 0.5) is 20.4 Å². The smallest absolute Gasteiger partial charge is 0.387 e. The van der Waals surface area contributed by atoms with Crippen molar-refractivity contribution in [3.05, 3.63) is 35.8 Å². The Balaban J connectivity index is 0.894. The number of rotatable bonds is 11. The highest BCUT2D eigenvalue weighted by Gasteiger charge is 2.44. The summed E-state index contributed by atoms with van der Waals surface area (Å²) in [5.41, 5.74) is 3.94. The fourth-order valence-electron chi connectivity index (χ4n) is 7.86. The van der Waals surface area contributed by atoms with E-state index in [9.17, 15) is 26.8 Å². The molecular formula is C32H41F2N9O5S. The number of alkyl halides is 2. The van der Waals surface area contributed by atoms with Crippen LogP contribution in [0.15, 0.2) is 24.5 Å². The first-order valence-corrected chi connectivity index (χ1v) is 18.4. The Morgan fingerprint density at radius 1 is 1.08 bits per heavy atom. The lowest BCUT2D eigenvalue weighted by atomic mass is 9.92. The average molecular weight is 702 g/mol. The Morgan fingerprint density at radius 3 is 2.51 bits per heavy atom. The van der Waals surface area contributed by atoms with E-state index in [2.05, 4.69) is 54.2 Å². The number of sulfonamides is 1. The van der Waals surface area contributed by atoms with Crippen LogP contribution in [0.3, 0.4) is 0 Å². The number of hydrogen-bond donors (Lipinski definition) is 2. The summed E-state index contributed by atoms with van der Waals surface area (Å²) < 4.78 is 58.7. The van der Waals surface area contributed by atoms with Gasteiger partial charge in [0.25, 0.3) is 0 Å². The molecule has 0 aliphatic carbocycles. The van der Waals surface area contributed by atoms with E-state index in [-0.39, 0.29) is 35.3 Å². The van der Waals surface area contributed by atoms with Crippen molar-refractivity contribution in [2.75, 3.05) is 48.7 Å². The molecule has 4 fully saturated rings. The quantitative estimate of drug-likeness (QED) is 0.283.